The monoisotopic (exact) mass is 552 g/mol. The number of nitrogens with one attached hydrogen (secondary N) is 4. The molecule has 0 aromatic heterocycles. The first-order chi connectivity index (χ1) is 18.9. The molecule has 0 fully saturated rings. The maximum atomic E-state index is 13.2. The van der Waals surface area contributed by atoms with Crippen LogP contribution in [0.25, 0.3) is 0 Å². The van der Waals surface area contributed by atoms with E-state index in [4.69, 9.17) is 4.74 Å². The van der Waals surface area contributed by atoms with E-state index in [1.165, 1.54) is 38.1 Å². The molecule has 2 aromatic carbocycles. The second kappa shape index (κ2) is 14.9. The quantitative estimate of drug-likeness (QED) is 0.215. The van der Waals surface area contributed by atoms with Gasteiger partial charge in [0.25, 0.3) is 0 Å². The van der Waals surface area contributed by atoms with E-state index in [1.54, 1.807) is 31.2 Å². The largest absolute Gasteiger partial charge is 0.464 e. The van der Waals surface area contributed by atoms with Gasteiger partial charge in [-0.1, -0.05) is 24.3 Å². The van der Waals surface area contributed by atoms with Gasteiger partial charge in [-0.05, 0) is 31.2 Å². The molecule has 2 unspecified atom stereocenters. The fourth-order valence-corrected chi connectivity index (χ4v) is 3.80. The number of anilines is 2. The summed E-state index contributed by atoms with van der Waals surface area (Å²) >= 11 is 0. The lowest BCUT2D eigenvalue weighted by Gasteiger charge is -2.22. The highest BCUT2D eigenvalue weighted by Crippen LogP contribution is 2.20. The van der Waals surface area contributed by atoms with Crippen LogP contribution in [-0.2, 0) is 28.7 Å². The third-order valence-electron chi connectivity index (χ3n) is 5.44. The number of amides is 4. The molecule has 12 nitrogen and oxygen atoms in total. The first-order valence-electron chi connectivity index (χ1n) is 12.5. The first kappa shape index (κ1) is 31.3. The van der Waals surface area contributed by atoms with Crippen molar-refractivity contribution in [2.24, 2.45) is 0 Å². The molecule has 12 heteroatoms. The van der Waals surface area contributed by atoms with Crippen LogP contribution in [0.3, 0.4) is 0 Å². The average molecular weight is 553 g/mol. The summed E-state index contributed by atoms with van der Waals surface area (Å²) in [5.41, 5.74) is 0.695. The maximum absolute atomic E-state index is 13.2. The number of para-hydroxylation sites is 2. The van der Waals surface area contributed by atoms with Crippen LogP contribution >= 0.6 is 0 Å². The van der Waals surface area contributed by atoms with Crippen molar-refractivity contribution in [1.82, 2.24) is 10.6 Å². The van der Waals surface area contributed by atoms with Gasteiger partial charge in [0.1, 0.15) is 12.1 Å². The Bertz CT molecular complexity index is 1310. The number of ketones is 2. The van der Waals surface area contributed by atoms with Gasteiger partial charge < -0.3 is 26.0 Å². The second-order valence-electron chi connectivity index (χ2n) is 8.77. The third-order valence-corrected chi connectivity index (χ3v) is 5.44. The van der Waals surface area contributed by atoms with Gasteiger partial charge in [-0.15, -0.1) is 0 Å². The summed E-state index contributed by atoms with van der Waals surface area (Å²) in [5, 5.41) is 9.88. The summed E-state index contributed by atoms with van der Waals surface area (Å²) in [6.45, 7) is 5.23. The number of ether oxygens (including phenoxy) is 1. The molecule has 4 amide bonds. The van der Waals surface area contributed by atoms with Crippen LogP contribution < -0.4 is 21.3 Å². The molecule has 0 saturated heterocycles. The lowest BCUT2D eigenvalue weighted by Crippen LogP contribution is -2.52. The summed E-state index contributed by atoms with van der Waals surface area (Å²) in [6, 6.07) is 9.48. The van der Waals surface area contributed by atoms with E-state index in [0.29, 0.717) is 0 Å². The number of Topliss-reactive ketones (excluding diaryl/α,β-unsaturated/α-hetero) is 2. The van der Waals surface area contributed by atoms with Crippen molar-refractivity contribution < 1.29 is 38.3 Å². The number of esters is 1. The Labute approximate surface area is 231 Å². The summed E-state index contributed by atoms with van der Waals surface area (Å²) in [4.78, 5) is 87.1. The highest BCUT2D eigenvalue weighted by Gasteiger charge is 2.31. The molecule has 4 N–H and O–H groups in total. The van der Waals surface area contributed by atoms with Gasteiger partial charge in [0.2, 0.25) is 23.6 Å². The summed E-state index contributed by atoms with van der Waals surface area (Å²) < 4.78 is 5.03. The number of hydrogen-bond acceptors (Lipinski definition) is 8. The Morgan fingerprint density at radius 2 is 1.10 bits per heavy atom. The molecule has 2 rings (SSSR count). The normalized spacial score (nSPS) is 11.8. The predicted molar refractivity (Wildman–Crippen MR) is 146 cm³/mol. The summed E-state index contributed by atoms with van der Waals surface area (Å²) in [5.74, 6) is -4.36. The minimum absolute atomic E-state index is 0.0323. The number of benzene rings is 2. The highest BCUT2D eigenvalue weighted by molar-refractivity contribution is 6.08. The molecule has 212 valence electrons. The molecule has 0 radical (unpaired) electrons. The van der Waals surface area contributed by atoms with Gasteiger partial charge >= 0.3 is 5.97 Å². The van der Waals surface area contributed by atoms with Crippen molar-refractivity contribution in [2.45, 2.75) is 52.6 Å². The molecule has 0 aliphatic rings. The lowest BCUT2D eigenvalue weighted by atomic mass is 9.99. The van der Waals surface area contributed by atoms with Gasteiger partial charge in [0.05, 0.1) is 18.0 Å². The number of carbonyl (C=O) groups is 7. The Hall–Kier alpha value is -4.87. The SMILES string of the molecule is CCOC(=O)C(CC(=O)c1ccccc1NC(C)=O)NC(=O)C(CC(=O)c1ccccc1NC(C)=O)NC(C)=O. The molecule has 2 atom stereocenters. The minimum Gasteiger partial charge on any atom is -0.464 e. The van der Waals surface area contributed by atoms with Crippen LogP contribution in [0.4, 0.5) is 11.4 Å². The van der Waals surface area contributed by atoms with Gasteiger partial charge in [0, 0.05) is 44.7 Å². The van der Waals surface area contributed by atoms with E-state index in [9.17, 15) is 33.6 Å². The first-order valence-corrected chi connectivity index (χ1v) is 12.5. The highest BCUT2D eigenvalue weighted by atomic mass is 16.5. The van der Waals surface area contributed by atoms with E-state index in [0.717, 1.165) is 6.92 Å². The Morgan fingerprint density at radius 1 is 0.650 bits per heavy atom. The molecule has 0 aliphatic carbocycles. The van der Waals surface area contributed by atoms with Crippen LogP contribution in [0.1, 0.15) is 61.3 Å². The van der Waals surface area contributed by atoms with Crippen LogP contribution in [0, 0.1) is 0 Å². The Morgan fingerprint density at radius 3 is 1.52 bits per heavy atom. The maximum Gasteiger partial charge on any atom is 0.329 e. The molecular formula is C28H32N4O8. The summed E-state index contributed by atoms with van der Waals surface area (Å²) in [7, 11) is 0. The zero-order valence-corrected chi connectivity index (χ0v) is 22.7. The van der Waals surface area contributed by atoms with E-state index >= 15 is 0 Å². The van der Waals surface area contributed by atoms with Gasteiger partial charge in [-0.2, -0.15) is 0 Å². The van der Waals surface area contributed by atoms with Gasteiger partial charge in [-0.3, -0.25) is 28.8 Å². The van der Waals surface area contributed by atoms with Crippen molar-refractivity contribution in [1.29, 1.82) is 0 Å². The molecular weight excluding hydrogens is 520 g/mol. The number of hydrogen-bond donors (Lipinski definition) is 4. The van der Waals surface area contributed by atoms with Crippen molar-refractivity contribution in [3.63, 3.8) is 0 Å². The van der Waals surface area contributed by atoms with E-state index in [-0.39, 0.29) is 29.1 Å². The van der Waals surface area contributed by atoms with Crippen molar-refractivity contribution in [2.75, 3.05) is 17.2 Å². The fraction of sp³-hybridized carbons (Fsp3) is 0.321. The lowest BCUT2D eigenvalue weighted by molar-refractivity contribution is -0.147. The standard InChI is InChI=1S/C28H32N4O8/c1-5-40-28(39)24(15-26(37)20-11-7-9-13-22(20)30-17(3)34)32-27(38)23(31-18(4)35)14-25(36)19-10-6-8-12-21(19)29-16(2)33/h6-13,23-24H,5,14-15H2,1-4H3,(H,29,33)(H,30,34)(H,31,35)(H,32,38). The van der Waals surface area contributed by atoms with Crippen molar-refractivity contribution in [3.05, 3.63) is 59.7 Å². The van der Waals surface area contributed by atoms with Crippen LogP contribution in [0.5, 0.6) is 0 Å². The minimum atomic E-state index is -1.46. The van der Waals surface area contributed by atoms with E-state index < -0.39 is 66.1 Å². The van der Waals surface area contributed by atoms with Crippen LogP contribution in [-0.4, -0.2) is 59.9 Å². The topological polar surface area (TPSA) is 177 Å². The smallest absolute Gasteiger partial charge is 0.329 e. The van der Waals surface area contributed by atoms with Crippen molar-refractivity contribution in [3.8, 4) is 0 Å². The number of rotatable bonds is 13. The fourth-order valence-electron chi connectivity index (χ4n) is 3.80. The van der Waals surface area contributed by atoms with E-state index in [2.05, 4.69) is 21.3 Å². The Kier molecular flexibility index (Phi) is 11.7. The molecule has 0 aliphatic heterocycles. The average Bonchev–Trinajstić information content (AvgIpc) is 2.87. The predicted octanol–water partition coefficient (Wildman–Crippen LogP) is 2.00. The van der Waals surface area contributed by atoms with E-state index in [1.807, 2.05) is 0 Å². The molecule has 2 aromatic rings. The van der Waals surface area contributed by atoms with Crippen molar-refractivity contribution >= 4 is 52.5 Å². The van der Waals surface area contributed by atoms with Gasteiger partial charge in [0.15, 0.2) is 11.6 Å². The molecule has 0 saturated carbocycles. The molecule has 0 bridgehead atoms. The number of carbonyl (C=O) groups excluding carboxylic acids is 7. The third kappa shape index (κ3) is 9.46. The van der Waals surface area contributed by atoms with Crippen LogP contribution in [0.15, 0.2) is 48.5 Å². The molecule has 0 heterocycles. The molecule has 40 heavy (non-hydrogen) atoms. The zero-order valence-electron chi connectivity index (χ0n) is 22.7. The van der Waals surface area contributed by atoms with Gasteiger partial charge in [-0.25, -0.2) is 4.79 Å². The second-order valence-corrected chi connectivity index (χ2v) is 8.77. The Balaban J connectivity index is 2.30. The molecule has 0 spiro atoms. The zero-order chi connectivity index (χ0) is 29.8. The summed E-state index contributed by atoms with van der Waals surface area (Å²) in [6.07, 6.45) is -1.02. The van der Waals surface area contributed by atoms with Crippen LogP contribution in [0.2, 0.25) is 0 Å².